The Bertz CT molecular complexity index is 522. The van der Waals surface area contributed by atoms with Crippen LogP contribution < -0.4 is 0 Å². The maximum atomic E-state index is 12.9. The Labute approximate surface area is 101 Å². The van der Waals surface area contributed by atoms with Crippen LogP contribution in [-0.2, 0) is 25.9 Å². The van der Waals surface area contributed by atoms with Crippen LogP contribution in [0.2, 0.25) is 0 Å². The molecule has 0 saturated carbocycles. The fraction of sp³-hybridized carbons (Fsp3) is 0.333. The molecule has 0 aliphatic carbocycles. The Balaban J connectivity index is 2.59. The third kappa shape index (κ3) is 1.87. The van der Waals surface area contributed by atoms with Crippen molar-refractivity contribution in [3.8, 4) is 0 Å². The summed E-state index contributed by atoms with van der Waals surface area (Å²) in [6.07, 6.45) is -4.95. The number of alkyl halides is 3. The quantitative estimate of drug-likeness (QED) is 0.574. The van der Waals surface area contributed by atoms with Crippen molar-refractivity contribution in [2.45, 2.75) is 24.9 Å². The van der Waals surface area contributed by atoms with Crippen LogP contribution in [0.3, 0.4) is 0 Å². The van der Waals surface area contributed by atoms with Crippen LogP contribution in [0.15, 0.2) is 24.3 Å². The SMILES string of the molecule is CC1(c2ccccc2C(F)(F)F)CC(=O)OC1=O. The standard InChI is InChI=1S/C12H9F3O3/c1-11(6-9(16)18-10(11)17)7-4-2-3-5-8(7)12(13,14)15/h2-5H,6H2,1H3. The third-order valence-corrected chi connectivity index (χ3v) is 2.98. The van der Waals surface area contributed by atoms with Gasteiger partial charge >= 0.3 is 18.1 Å². The second-order valence-electron chi connectivity index (χ2n) is 4.31. The normalized spacial score (nSPS) is 24.2. The van der Waals surface area contributed by atoms with Crippen LogP contribution in [-0.4, -0.2) is 11.9 Å². The van der Waals surface area contributed by atoms with E-state index in [4.69, 9.17) is 0 Å². The Kier molecular flexibility index (Phi) is 2.68. The van der Waals surface area contributed by atoms with E-state index in [-0.39, 0.29) is 12.0 Å². The number of hydrogen-bond acceptors (Lipinski definition) is 3. The van der Waals surface area contributed by atoms with Gasteiger partial charge < -0.3 is 4.74 Å². The minimum atomic E-state index is -4.58. The van der Waals surface area contributed by atoms with Gasteiger partial charge in [-0.3, -0.25) is 9.59 Å². The minimum absolute atomic E-state index is 0.228. The zero-order valence-electron chi connectivity index (χ0n) is 9.38. The largest absolute Gasteiger partial charge is 0.416 e. The lowest BCUT2D eigenvalue weighted by Gasteiger charge is -2.23. The molecule has 1 saturated heterocycles. The van der Waals surface area contributed by atoms with Crippen LogP contribution in [0, 0.1) is 0 Å². The molecule has 1 aromatic rings. The maximum absolute atomic E-state index is 12.9. The van der Waals surface area contributed by atoms with Gasteiger partial charge in [0.25, 0.3) is 0 Å². The highest BCUT2D eigenvalue weighted by Crippen LogP contribution is 2.42. The summed E-state index contributed by atoms with van der Waals surface area (Å²) in [6.45, 7) is 1.28. The van der Waals surface area contributed by atoms with Gasteiger partial charge in [0.1, 0.15) is 5.41 Å². The third-order valence-electron chi connectivity index (χ3n) is 2.98. The van der Waals surface area contributed by atoms with Gasteiger partial charge in [-0.25, -0.2) is 0 Å². The van der Waals surface area contributed by atoms with Gasteiger partial charge in [-0.15, -0.1) is 0 Å². The number of esters is 2. The minimum Gasteiger partial charge on any atom is -0.392 e. The summed E-state index contributed by atoms with van der Waals surface area (Å²) in [5.41, 5.74) is -2.71. The zero-order chi connectivity index (χ0) is 13.6. The van der Waals surface area contributed by atoms with Gasteiger partial charge in [-0.1, -0.05) is 18.2 Å². The molecule has 2 rings (SSSR count). The van der Waals surface area contributed by atoms with Gasteiger partial charge in [0.15, 0.2) is 0 Å². The predicted molar refractivity (Wildman–Crippen MR) is 54.5 cm³/mol. The molecule has 1 fully saturated rings. The smallest absolute Gasteiger partial charge is 0.392 e. The summed E-state index contributed by atoms with van der Waals surface area (Å²) in [6, 6.07) is 4.71. The van der Waals surface area contributed by atoms with E-state index in [0.717, 1.165) is 6.07 Å². The molecule has 0 aromatic heterocycles. The lowest BCUT2D eigenvalue weighted by atomic mass is 9.78. The fourth-order valence-electron chi connectivity index (χ4n) is 2.03. The van der Waals surface area contributed by atoms with E-state index in [2.05, 4.69) is 4.74 Å². The average molecular weight is 258 g/mol. The van der Waals surface area contributed by atoms with Gasteiger partial charge in [-0.2, -0.15) is 13.2 Å². The van der Waals surface area contributed by atoms with Crippen molar-refractivity contribution in [1.29, 1.82) is 0 Å². The van der Waals surface area contributed by atoms with Crippen LogP contribution in [0.5, 0.6) is 0 Å². The van der Waals surface area contributed by atoms with Crippen molar-refractivity contribution < 1.29 is 27.5 Å². The molecule has 96 valence electrons. The number of hydrogen-bond donors (Lipinski definition) is 0. The molecular formula is C12H9F3O3. The van der Waals surface area contributed by atoms with Gasteiger partial charge in [-0.05, 0) is 18.6 Å². The molecule has 0 radical (unpaired) electrons. The van der Waals surface area contributed by atoms with Crippen molar-refractivity contribution in [2.75, 3.05) is 0 Å². The van der Waals surface area contributed by atoms with Crippen LogP contribution >= 0.6 is 0 Å². The van der Waals surface area contributed by atoms with Crippen LogP contribution in [0.25, 0.3) is 0 Å². The van der Waals surface area contributed by atoms with Crippen molar-refractivity contribution in [3.05, 3.63) is 35.4 Å². The fourth-order valence-corrected chi connectivity index (χ4v) is 2.03. The Hall–Kier alpha value is -1.85. The van der Waals surface area contributed by atoms with Crippen molar-refractivity contribution in [1.82, 2.24) is 0 Å². The highest BCUT2D eigenvalue weighted by Gasteiger charge is 2.50. The first kappa shape index (κ1) is 12.6. The molecule has 18 heavy (non-hydrogen) atoms. The summed E-state index contributed by atoms with van der Waals surface area (Å²) < 4.78 is 42.9. The summed E-state index contributed by atoms with van der Waals surface area (Å²) in [5, 5.41) is 0. The van der Waals surface area contributed by atoms with E-state index in [9.17, 15) is 22.8 Å². The number of halogens is 3. The first-order chi connectivity index (χ1) is 8.25. The van der Waals surface area contributed by atoms with Crippen molar-refractivity contribution in [2.24, 2.45) is 0 Å². The summed E-state index contributed by atoms with van der Waals surface area (Å²) in [5.74, 6) is -1.75. The number of rotatable bonds is 1. The molecule has 1 aliphatic heterocycles. The Morgan fingerprint density at radius 3 is 2.33 bits per heavy atom. The second kappa shape index (κ2) is 3.83. The van der Waals surface area contributed by atoms with Gasteiger partial charge in [0.05, 0.1) is 12.0 Å². The highest BCUT2D eigenvalue weighted by molar-refractivity contribution is 6.01. The molecule has 1 aromatic carbocycles. The zero-order valence-corrected chi connectivity index (χ0v) is 9.38. The molecule has 0 spiro atoms. The highest BCUT2D eigenvalue weighted by atomic mass is 19.4. The Morgan fingerprint density at radius 2 is 1.83 bits per heavy atom. The molecule has 1 aliphatic rings. The molecule has 3 nitrogen and oxygen atoms in total. The van der Waals surface area contributed by atoms with Crippen LogP contribution in [0.4, 0.5) is 13.2 Å². The number of carbonyl (C=O) groups is 2. The summed E-state index contributed by atoms with van der Waals surface area (Å²) in [4.78, 5) is 22.7. The van der Waals surface area contributed by atoms with E-state index in [1.807, 2.05) is 0 Å². The number of cyclic esters (lactones) is 2. The van der Waals surface area contributed by atoms with E-state index in [1.165, 1.54) is 25.1 Å². The predicted octanol–water partition coefficient (Wildman–Crippen LogP) is 2.44. The lowest BCUT2D eigenvalue weighted by molar-refractivity contribution is -0.153. The first-order valence-electron chi connectivity index (χ1n) is 5.17. The van der Waals surface area contributed by atoms with E-state index in [1.54, 1.807) is 0 Å². The topological polar surface area (TPSA) is 43.4 Å². The molecular weight excluding hydrogens is 249 g/mol. The molecule has 0 amide bonds. The molecule has 0 bridgehead atoms. The summed E-state index contributed by atoms with van der Waals surface area (Å²) in [7, 11) is 0. The number of ether oxygens (including phenoxy) is 1. The van der Waals surface area contributed by atoms with Crippen LogP contribution in [0.1, 0.15) is 24.5 Å². The first-order valence-corrected chi connectivity index (χ1v) is 5.17. The summed E-state index contributed by atoms with van der Waals surface area (Å²) >= 11 is 0. The van der Waals surface area contributed by atoms with E-state index in [0.29, 0.717) is 0 Å². The number of benzene rings is 1. The van der Waals surface area contributed by atoms with Gasteiger partial charge in [0.2, 0.25) is 0 Å². The van der Waals surface area contributed by atoms with Crippen molar-refractivity contribution >= 4 is 11.9 Å². The molecule has 6 heteroatoms. The molecule has 1 atom stereocenters. The van der Waals surface area contributed by atoms with Crippen molar-refractivity contribution in [3.63, 3.8) is 0 Å². The maximum Gasteiger partial charge on any atom is 0.416 e. The monoisotopic (exact) mass is 258 g/mol. The van der Waals surface area contributed by atoms with Gasteiger partial charge in [0, 0.05) is 0 Å². The molecule has 1 unspecified atom stereocenters. The molecule has 1 heterocycles. The van der Waals surface area contributed by atoms with E-state index >= 15 is 0 Å². The molecule has 0 N–H and O–H groups in total. The Morgan fingerprint density at radius 1 is 1.22 bits per heavy atom. The lowest BCUT2D eigenvalue weighted by Crippen LogP contribution is -2.30. The van der Waals surface area contributed by atoms with E-state index < -0.39 is 29.1 Å². The second-order valence-corrected chi connectivity index (χ2v) is 4.31. The number of carbonyl (C=O) groups excluding carboxylic acids is 2. The average Bonchev–Trinajstić information content (AvgIpc) is 2.52.